The monoisotopic (exact) mass is 467 g/mol. The van der Waals surface area contributed by atoms with Crippen molar-refractivity contribution in [2.24, 2.45) is 0 Å². The molecule has 1 aliphatic rings. The minimum absolute atomic E-state index is 0.0974. The van der Waals surface area contributed by atoms with E-state index in [1.165, 1.54) is 11.8 Å². The molecule has 0 radical (unpaired) electrons. The summed E-state index contributed by atoms with van der Waals surface area (Å²) < 4.78 is 7.56. The van der Waals surface area contributed by atoms with Gasteiger partial charge in [0, 0.05) is 23.0 Å². The van der Waals surface area contributed by atoms with Gasteiger partial charge in [0.2, 0.25) is 0 Å². The first-order valence-electron chi connectivity index (χ1n) is 7.77. The molecular formula is C18H14BrNO3S3. The van der Waals surface area contributed by atoms with E-state index in [0.29, 0.717) is 28.0 Å². The Morgan fingerprint density at radius 1 is 1.23 bits per heavy atom. The van der Waals surface area contributed by atoms with Crippen molar-refractivity contribution >= 4 is 73.5 Å². The van der Waals surface area contributed by atoms with Crippen molar-refractivity contribution in [2.75, 3.05) is 6.54 Å². The molecule has 1 aromatic carbocycles. The largest absolute Gasteiger partial charge is 0.481 e. The number of thioether (sulfide) groups is 1. The van der Waals surface area contributed by atoms with Gasteiger partial charge in [-0.25, -0.2) is 0 Å². The fourth-order valence-corrected chi connectivity index (χ4v) is 4.46. The zero-order chi connectivity index (χ0) is 18.7. The average molecular weight is 468 g/mol. The highest BCUT2D eigenvalue weighted by molar-refractivity contribution is 9.10. The second-order valence-electron chi connectivity index (χ2n) is 5.54. The van der Waals surface area contributed by atoms with Gasteiger partial charge in [0.1, 0.15) is 20.8 Å². The maximum Gasteiger partial charge on any atom is 0.303 e. The van der Waals surface area contributed by atoms with Crippen LogP contribution in [-0.4, -0.2) is 31.8 Å². The predicted molar refractivity (Wildman–Crippen MR) is 116 cm³/mol. The Balaban J connectivity index is 1.72. The van der Waals surface area contributed by atoms with E-state index in [4.69, 9.17) is 34.0 Å². The standard InChI is InChI=1S/C18H14BrNO3S3/c19-12-5-3-11(4-6-12)14-8-7-13(23-14)10-15-17(24)20(18(25)26-15)9-1-2-16(21)22/h3-8,10H,1-2,9H2,(H,21,22)/b15-10-. The molecule has 0 aliphatic carbocycles. The highest BCUT2D eigenvalue weighted by Gasteiger charge is 2.28. The highest BCUT2D eigenvalue weighted by atomic mass is 79.9. The van der Waals surface area contributed by atoms with E-state index in [1.54, 1.807) is 0 Å². The number of rotatable bonds is 6. The lowest BCUT2D eigenvalue weighted by Gasteiger charge is -2.15. The van der Waals surface area contributed by atoms with Crippen LogP contribution in [0.3, 0.4) is 0 Å². The molecule has 0 spiro atoms. The molecule has 134 valence electrons. The van der Waals surface area contributed by atoms with Gasteiger partial charge in [-0.1, -0.05) is 64.3 Å². The van der Waals surface area contributed by atoms with E-state index in [-0.39, 0.29) is 6.42 Å². The number of carboxylic acids is 1. The molecule has 1 N–H and O–H groups in total. The fourth-order valence-electron chi connectivity index (χ4n) is 2.41. The summed E-state index contributed by atoms with van der Waals surface area (Å²) in [5.74, 6) is 0.655. The second kappa shape index (κ2) is 8.47. The van der Waals surface area contributed by atoms with Crippen molar-refractivity contribution in [3.63, 3.8) is 0 Å². The molecule has 0 saturated carbocycles. The number of carbonyl (C=O) groups is 1. The first-order chi connectivity index (χ1) is 12.4. The Morgan fingerprint density at radius 2 is 1.96 bits per heavy atom. The lowest BCUT2D eigenvalue weighted by molar-refractivity contribution is -0.137. The Labute approximate surface area is 174 Å². The Bertz CT molecular complexity index is 889. The van der Waals surface area contributed by atoms with Gasteiger partial charge in [-0.2, -0.15) is 0 Å². The van der Waals surface area contributed by atoms with Crippen LogP contribution in [-0.2, 0) is 4.79 Å². The Kier molecular flexibility index (Phi) is 6.29. The molecule has 0 amide bonds. The summed E-state index contributed by atoms with van der Waals surface area (Å²) in [7, 11) is 0. The van der Waals surface area contributed by atoms with Gasteiger partial charge >= 0.3 is 5.97 Å². The average Bonchev–Trinajstić information content (AvgIpc) is 3.15. The molecule has 0 unspecified atom stereocenters. The second-order valence-corrected chi connectivity index (χ2v) is 8.52. The van der Waals surface area contributed by atoms with Gasteiger partial charge in [-0.05, 0) is 36.8 Å². The van der Waals surface area contributed by atoms with Crippen LogP contribution in [0, 0.1) is 0 Å². The smallest absolute Gasteiger partial charge is 0.303 e. The number of hydrogen-bond acceptors (Lipinski definition) is 5. The minimum Gasteiger partial charge on any atom is -0.481 e. The molecule has 2 aromatic rings. The van der Waals surface area contributed by atoms with E-state index in [0.717, 1.165) is 20.7 Å². The van der Waals surface area contributed by atoms with E-state index in [9.17, 15) is 4.79 Å². The first kappa shape index (κ1) is 19.3. The van der Waals surface area contributed by atoms with Crippen molar-refractivity contribution in [1.29, 1.82) is 0 Å². The summed E-state index contributed by atoms with van der Waals surface area (Å²) in [6.07, 6.45) is 2.47. The van der Waals surface area contributed by atoms with E-state index < -0.39 is 5.97 Å². The molecule has 1 aliphatic heterocycles. The SMILES string of the molecule is O=C(O)CCCN1C(=S)S/C(=C\c2ccc(-c3ccc(Br)cc3)o2)C1=S. The molecule has 26 heavy (non-hydrogen) atoms. The van der Waals surface area contributed by atoms with Gasteiger partial charge < -0.3 is 14.4 Å². The number of halogens is 1. The van der Waals surface area contributed by atoms with Crippen molar-refractivity contribution in [3.05, 3.63) is 51.5 Å². The van der Waals surface area contributed by atoms with Crippen LogP contribution in [0.25, 0.3) is 17.4 Å². The van der Waals surface area contributed by atoms with Gasteiger partial charge in [-0.3, -0.25) is 4.79 Å². The molecule has 0 atom stereocenters. The fraction of sp³-hybridized carbons (Fsp3) is 0.167. The quantitative estimate of drug-likeness (QED) is 0.439. The summed E-state index contributed by atoms with van der Waals surface area (Å²) >= 11 is 15.7. The third-order valence-corrected chi connectivity index (χ3v) is 6.17. The van der Waals surface area contributed by atoms with Crippen LogP contribution in [0.5, 0.6) is 0 Å². The molecular weight excluding hydrogens is 454 g/mol. The van der Waals surface area contributed by atoms with E-state index >= 15 is 0 Å². The van der Waals surface area contributed by atoms with Crippen molar-refractivity contribution in [1.82, 2.24) is 4.90 Å². The van der Waals surface area contributed by atoms with Crippen LogP contribution in [0.1, 0.15) is 18.6 Å². The Hall–Kier alpha value is -1.48. The molecule has 0 bridgehead atoms. The molecule has 2 heterocycles. The predicted octanol–water partition coefficient (Wildman–Crippen LogP) is 5.58. The molecule has 4 nitrogen and oxygen atoms in total. The molecule has 1 fully saturated rings. The zero-order valence-electron chi connectivity index (χ0n) is 13.5. The van der Waals surface area contributed by atoms with Crippen LogP contribution in [0.4, 0.5) is 0 Å². The molecule has 8 heteroatoms. The number of carboxylic acid groups (broad SMARTS) is 1. The summed E-state index contributed by atoms with van der Waals surface area (Å²) in [4.78, 5) is 13.9. The van der Waals surface area contributed by atoms with E-state index in [2.05, 4.69) is 15.9 Å². The number of benzene rings is 1. The van der Waals surface area contributed by atoms with Gasteiger partial charge in [0.25, 0.3) is 0 Å². The number of hydrogen-bond donors (Lipinski definition) is 1. The minimum atomic E-state index is -0.819. The maximum atomic E-state index is 10.7. The number of thiocarbonyl (C=S) groups is 2. The summed E-state index contributed by atoms with van der Waals surface area (Å²) in [5, 5.41) is 8.76. The van der Waals surface area contributed by atoms with Crippen molar-refractivity contribution in [3.8, 4) is 11.3 Å². The molecule has 1 aromatic heterocycles. The topological polar surface area (TPSA) is 53.7 Å². The van der Waals surface area contributed by atoms with Gasteiger partial charge in [0.05, 0.1) is 4.91 Å². The lowest BCUT2D eigenvalue weighted by atomic mass is 10.2. The summed E-state index contributed by atoms with van der Waals surface area (Å²) in [5.41, 5.74) is 0.991. The summed E-state index contributed by atoms with van der Waals surface area (Å²) in [6.45, 7) is 0.511. The number of nitrogens with zero attached hydrogens (tertiary/aromatic N) is 1. The van der Waals surface area contributed by atoms with Crippen LogP contribution in [0.2, 0.25) is 0 Å². The third kappa shape index (κ3) is 4.62. The Morgan fingerprint density at radius 3 is 2.65 bits per heavy atom. The van der Waals surface area contributed by atoms with Crippen LogP contribution in [0.15, 0.2) is 50.2 Å². The zero-order valence-corrected chi connectivity index (χ0v) is 17.5. The third-order valence-electron chi connectivity index (χ3n) is 3.67. The van der Waals surface area contributed by atoms with Crippen LogP contribution >= 0.6 is 52.1 Å². The number of aliphatic carboxylic acids is 1. The summed E-state index contributed by atoms with van der Waals surface area (Å²) in [6, 6.07) is 11.7. The van der Waals surface area contributed by atoms with Crippen molar-refractivity contribution < 1.29 is 14.3 Å². The van der Waals surface area contributed by atoms with Gasteiger partial charge in [-0.15, -0.1) is 0 Å². The van der Waals surface area contributed by atoms with Gasteiger partial charge in [0.15, 0.2) is 0 Å². The van der Waals surface area contributed by atoms with Crippen LogP contribution < -0.4 is 0 Å². The first-order valence-corrected chi connectivity index (χ1v) is 10.2. The maximum absolute atomic E-state index is 10.7. The van der Waals surface area contributed by atoms with E-state index in [1.807, 2.05) is 47.4 Å². The molecule has 1 saturated heterocycles. The molecule has 3 rings (SSSR count). The normalized spacial score (nSPS) is 15.9. The highest BCUT2D eigenvalue weighted by Crippen LogP contribution is 2.34. The van der Waals surface area contributed by atoms with Crippen molar-refractivity contribution in [2.45, 2.75) is 12.8 Å². The lowest BCUT2D eigenvalue weighted by Crippen LogP contribution is -2.28. The number of furan rings is 1.